The number of nitro groups is 1. The first kappa shape index (κ1) is 18.8. The summed E-state index contributed by atoms with van der Waals surface area (Å²) in [6, 6.07) is 3.73. The van der Waals surface area contributed by atoms with Crippen molar-refractivity contribution in [1.29, 1.82) is 0 Å². The average Bonchev–Trinajstić information content (AvgIpc) is 2.30. The van der Waals surface area contributed by atoms with Crippen LogP contribution in [0, 0.1) is 21.3 Å². The highest BCUT2D eigenvalue weighted by Crippen LogP contribution is 2.20. The molecule has 0 amide bonds. The van der Waals surface area contributed by atoms with Gasteiger partial charge in [0, 0.05) is 24.7 Å². The Labute approximate surface area is 124 Å². The van der Waals surface area contributed by atoms with Gasteiger partial charge in [-0.1, -0.05) is 13.8 Å². The molecule has 2 N–H and O–H groups in total. The number of hydrogen-bond acceptors (Lipinski definition) is 4. The van der Waals surface area contributed by atoms with Crippen LogP contribution in [0.5, 0.6) is 0 Å². The van der Waals surface area contributed by atoms with E-state index in [0.29, 0.717) is 18.7 Å². The third-order valence-corrected chi connectivity index (χ3v) is 2.94. The van der Waals surface area contributed by atoms with E-state index in [2.05, 4.69) is 0 Å². The molecule has 0 saturated heterocycles. The Morgan fingerprint density at radius 3 is 2.50 bits per heavy atom. The summed E-state index contributed by atoms with van der Waals surface area (Å²) < 4.78 is 13.7. The van der Waals surface area contributed by atoms with Crippen LogP contribution >= 0.6 is 12.4 Å². The van der Waals surface area contributed by atoms with Crippen LogP contribution in [0.1, 0.15) is 19.4 Å². The van der Waals surface area contributed by atoms with Crippen LogP contribution in [0.2, 0.25) is 0 Å². The van der Waals surface area contributed by atoms with Gasteiger partial charge in [-0.3, -0.25) is 10.1 Å². The van der Waals surface area contributed by atoms with Crippen molar-refractivity contribution in [3.8, 4) is 0 Å². The van der Waals surface area contributed by atoms with E-state index in [1.807, 2.05) is 25.8 Å². The minimum atomic E-state index is -0.603. The molecule has 0 aromatic heterocycles. The van der Waals surface area contributed by atoms with Gasteiger partial charge in [0.15, 0.2) is 0 Å². The van der Waals surface area contributed by atoms with Gasteiger partial charge in [-0.05, 0) is 25.1 Å². The van der Waals surface area contributed by atoms with Crippen LogP contribution in [0.4, 0.5) is 10.1 Å². The Morgan fingerprint density at radius 1 is 1.45 bits per heavy atom. The molecule has 0 aliphatic heterocycles. The van der Waals surface area contributed by atoms with Crippen LogP contribution in [0.3, 0.4) is 0 Å². The highest BCUT2D eigenvalue weighted by atomic mass is 35.5. The van der Waals surface area contributed by atoms with Crippen LogP contribution in [-0.4, -0.2) is 30.0 Å². The van der Waals surface area contributed by atoms with E-state index in [4.69, 9.17) is 5.73 Å². The lowest BCUT2D eigenvalue weighted by Crippen LogP contribution is -2.36. The molecule has 7 heteroatoms. The summed E-state index contributed by atoms with van der Waals surface area (Å²) >= 11 is 0. The van der Waals surface area contributed by atoms with Gasteiger partial charge in [-0.25, -0.2) is 4.39 Å². The lowest BCUT2D eigenvalue weighted by molar-refractivity contribution is -0.385. The molecule has 0 fully saturated rings. The molecular weight excluding hydrogens is 285 g/mol. The molecule has 0 bridgehead atoms. The first-order valence-corrected chi connectivity index (χ1v) is 6.06. The van der Waals surface area contributed by atoms with Gasteiger partial charge in [0.2, 0.25) is 0 Å². The number of hydrogen-bond donors (Lipinski definition) is 1. The normalized spacial score (nSPS) is 11.3. The van der Waals surface area contributed by atoms with Crippen molar-refractivity contribution in [2.45, 2.75) is 20.4 Å². The number of nitrogens with zero attached hydrogens (tertiary/aromatic N) is 2. The molecule has 1 rings (SSSR count). The van der Waals surface area contributed by atoms with E-state index in [1.165, 1.54) is 12.1 Å². The van der Waals surface area contributed by atoms with Gasteiger partial charge in [0.25, 0.3) is 5.69 Å². The molecule has 0 heterocycles. The minimum absolute atomic E-state index is 0. The smallest absolute Gasteiger partial charge is 0.272 e. The summed E-state index contributed by atoms with van der Waals surface area (Å²) in [5, 5.41) is 10.5. The second kappa shape index (κ2) is 7.52. The summed E-state index contributed by atoms with van der Waals surface area (Å²) in [4.78, 5) is 11.9. The Hall–Kier alpha value is -1.24. The average molecular weight is 306 g/mol. The summed E-state index contributed by atoms with van der Waals surface area (Å²) in [7, 11) is 1.87. The van der Waals surface area contributed by atoms with E-state index in [-0.39, 0.29) is 23.5 Å². The molecule has 0 radical (unpaired) electrons. The molecule has 0 spiro atoms. The summed E-state index contributed by atoms with van der Waals surface area (Å²) in [5.74, 6) is -0.549. The molecular formula is C13H21ClFN3O2. The van der Waals surface area contributed by atoms with Crippen molar-refractivity contribution in [1.82, 2.24) is 4.90 Å². The first-order chi connectivity index (χ1) is 8.75. The topological polar surface area (TPSA) is 72.4 Å². The third-order valence-electron chi connectivity index (χ3n) is 2.94. The van der Waals surface area contributed by atoms with E-state index in [1.54, 1.807) is 0 Å². The second-order valence-corrected chi connectivity index (χ2v) is 5.57. The lowest BCUT2D eigenvalue weighted by Gasteiger charge is -2.29. The molecule has 0 aliphatic carbocycles. The van der Waals surface area contributed by atoms with Gasteiger partial charge in [0.1, 0.15) is 5.82 Å². The largest absolute Gasteiger partial charge is 0.330 e. The number of halogens is 2. The first-order valence-electron chi connectivity index (χ1n) is 6.06. The highest BCUT2D eigenvalue weighted by molar-refractivity contribution is 5.85. The Morgan fingerprint density at radius 2 is 2.05 bits per heavy atom. The molecule has 0 atom stereocenters. The zero-order valence-corrected chi connectivity index (χ0v) is 12.7. The standard InChI is InChI=1S/C13H20FN3O2.ClH/c1-13(2,8-15)9-16(3)7-10-4-5-11(17(18)19)6-12(10)14;/h4-6H,7-9,15H2,1-3H3;1H. The van der Waals surface area contributed by atoms with Gasteiger partial charge >= 0.3 is 0 Å². The van der Waals surface area contributed by atoms with Crippen molar-refractivity contribution in [2.24, 2.45) is 11.1 Å². The highest BCUT2D eigenvalue weighted by Gasteiger charge is 2.19. The van der Waals surface area contributed by atoms with Crippen molar-refractivity contribution >= 4 is 18.1 Å². The maximum absolute atomic E-state index is 13.7. The summed E-state index contributed by atoms with van der Waals surface area (Å²) in [6.07, 6.45) is 0. The van der Waals surface area contributed by atoms with E-state index < -0.39 is 10.7 Å². The van der Waals surface area contributed by atoms with Gasteiger partial charge in [0.05, 0.1) is 11.0 Å². The fraction of sp³-hybridized carbons (Fsp3) is 0.538. The quantitative estimate of drug-likeness (QED) is 0.647. The fourth-order valence-corrected chi connectivity index (χ4v) is 1.92. The Balaban J connectivity index is 0.00000361. The molecule has 0 saturated carbocycles. The molecule has 20 heavy (non-hydrogen) atoms. The molecule has 114 valence electrons. The van der Waals surface area contributed by atoms with E-state index in [9.17, 15) is 14.5 Å². The predicted molar refractivity (Wildman–Crippen MR) is 79.5 cm³/mol. The summed E-state index contributed by atoms with van der Waals surface area (Å²) in [6.45, 7) is 5.73. The monoisotopic (exact) mass is 305 g/mol. The molecule has 1 aromatic rings. The molecule has 0 aliphatic rings. The second-order valence-electron chi connectivity index (χ2n) is 5.57. The van der Waals surface area contributed by atoms with Crippen molar-refractivity contribution in [3.63, 3.8) is 0 Å². The Bertz CT molecular complexity index is 469. The number of nitro benzene ring substituents is 1. The number of rotatable bonds is 6. The van der Waals surface area contributed by atoms with Crippen molar-refractivity contribution in [2.75, 3.05) is 20.1 Å². The number of benzene rings is 1. The zero-order chi connectivity index (χ0) is 14.6. The van der Waals surface area contributed by atoms with E-state index >= 15 is 0 Å². The molecule has 5 nitrogen and oxygen atoms in total. The Kier molecular flexibility index (Phi) is 7.05. The lowest BCUT2D eigenvalue weighted by atomic mass is 9.93. The predicted octanol–water partition coefficient (Wildman–Crippen LogP) is 2.57. The fourth-order valence-electron chi connectivity index (χ4n) is 1.92. The van der Waals surface area contributed by atoms with Crippen LogP contribution < -0.4 is 5.73 Å². The van der Waals surface area contributed by atoms with Crippen molar-refractivity contribution in [3.05, 3.63) is 39.7 Å². The number of nitrogens with two attached hydrogens (primary N) is 1. The van der Waals surface area contributed by atoms with Crippen LogP contribution in [-0.2, 0) is 6.54 Å². The maximum atomic E-state index is 13.7. The third kappa shape index (κ3) is 5.40. The number of non-ortho nitro benzene ring substituents is 1. The van der Waals surface area contributed by atoms with Crippen LogP contribution in [0.25, 0.3) is 0 Å². The van der Waals surface area contributed by atoms with Gasteiger partial charge < -0.3 is 10.6 Å². The minimum Gasteiger partial charge on any atom is -0.330 e. The molecule has 0 unspecified atom stereocenters. The maximum Gasteiger partial charge on any atom is 0.272 e. The van der Waals surface area contributed by atoms with Gasteiger partial charge in [-0.15, -0.1) is 12.4 Å². The zero-order valence-electron chi connectivity index (χ0n) is 11.9. The van der Waals surface area contributed by atoms with Crippen molar-refractivity contribution < 1.29 is 9.31 Å². The SMILES string of the molecule is CN(Cc1ccc([N+](=O)[O-])cc1F)CC(C)(C)CN.Cl. The van der Waals surface area contributed by atoms with E-state index in [0.717, 1.165) is 12.6 Å². The molecule has 1 aromatic carbocycles. The van der Waals surface area contributed by atoms with Gasteiger partial charge in [-0.2, -0.15) is 0 Å². The summed E-state index contributed by atoms with van der Waals surface area (Å²) in [5.41, 5.74) is 5.82. The van der Waals surface area contributed by atoms with Crippen LogP contribution in [0.15, 0.2) is 18.2 Å².